The molecule has 1 aliphatic heterocycles. The second kappa shape index (κ2) is 6.83. The van der Waals surface area contributed by atoms with E-state index in [4.69, 9.17) is 14.2 Å². The van der Waals surface area contributed by atoms with Gasteiger partial charge in [-0.2, -0.15) is 0 Å². The first-order valence-electron chi connectivity index (χ1n) is 8.96. The smallest absolute Gasteiger partial charge is 0.302 e. The highest BCUT2D eigenvalue weighted by atomic mass is 16.5. The lowest BCUT2D eigenvalue weighted by Crippen LogP contribution is -2.54. The second-order valence-electron chi connectivity index (χ2n) is 7.53. The van der Waals surface area contributed by atoms with E-state index in [1.807, 2.05) is 12.1 Å². The number of esters is 1. The van der Waals surface area contributed by atoms with Crippen molar-refractivity contribution in [1.82, 2.24) is 0 Å². The maximum absolute atomic E-state index is 11.4. The van der Waals surface area contributed by atoms with Gasteiger partial charge in [-0.15, -0.1) is 0 Å². The van der Waals surface area contributed by atoms with E-state index in [1.165, 1.54) is 18.1 Å². The molecule has 5 atom stereocenters. The Labute approximate surface area is 150 Å². The molecule has 1 aromatic rings. The Balaban J connectivity index is 1.92. The lowest BCUT2D eigenvalue weighted by atomic mass is 9.56. The molecule has 4 nitrogen and oxygen atoms in total. The average molecular weight is 344 g/mol. The van der Waals surface area contributed by atoms with Gasteiger partial charge < -0.3 is 14.2 Å². The molecule has 2 bridgehead atoms. The molecule has 0 saturated carbocycles. The molecule has 0 amide bonds. The van der Waals surface area contributed by atoms with E-state index in [0.717, 1.165) is 5.75 Å². The van der Waals surface area contributed by atoms with Crippen LogP contribution in [0.25, 0.3) is 0 Å². The van der Waals surface area contributed by atoms with E-state index in [0.29, 0.717) is 25.0 Å². The number of benzene rings is 1. The van der Waals surface area contributed by atoms with Crippen molar-refractivity contribution in [2.75, 3.05) is 20.3 Å². The molecule has 2 aliphatic rings. The molecule has 3 rings (SSSR count). The van der Waals surface area contributed by atoms with Crippen molar-refractivity contribution in [3.05, 3.63) is 41.5 Å². The van der Waals surface area contributed by atoms with Crippen LogP contribution in [-0.2, 0) is 14.3 Å². The van der Waals surface area contributed by atoms with Crippen LogP contribution in [0.15, 0.2) is 35.9 Å². The van der Waals surface area contributed by atoms with Crippen molar-refractivity contribution in [2.24, 2.45) is 23.2 Å². The van der Waals surface area contributed by atoms with Gasteiger partial charge in [0.2, 0.25) is 0 Å². The van der Waals surface area contributed by atoms with Gasteiger partial charge in [-0.1, -0.05) is 37.6 Å². The summed E-state index contributed by atoms with van der Waals surface area (Å²) in [6, 6.07) is 8.13. The minimum Gasteiger partial charge on any atom is -0.497 e. The fraction of sp³-hybridized carbons (Fsp3) is 0.571. The number of methoxy groups -OCH3 is 1. The molecular weight excluding hydrogens is 316 g/mol. The Morgan fingerprint density at radius 3 is 2.56 bits per heavy atom. The van der Waals surface area contributed by atoms with E-state index in [1.54, 1.807) is 7.11 Å². The molecule has 0 aromatic heterocycles. The zero-order valence-electron chi connectivity index (χ0n) is 15.7. The number of carbonyl (C=O) groups is 1. The van der Waals surface area contributed by atoms with Crippen LogP contribution in [0, 0.1) is 23.2 Å². The third-order valence-corrected chi connectivity index (χ3v) is 6.24. The fourth-order valence-corrected chi connectivity index (χ4v) is 4.59. The molecule has 4 heteroatoms. The molecule has 1 aliphatic carbocycles. The summed E-state index contributed by atoms with van der Waals surface area (Å²) in [5, 5.41) is 0. The Bertz CT molecular complexity index is 663. The van der Waals surface area contributed by atoms with Gasteiger partial charge in [-0.25, -0.2) is 0 Å². The van der Waals surface area contributed by atoms with Gasteiger partial charge in [-0.3, -0.25) is 4.79 Å². The Morgan fingerprint density at radius 2 is 1.96 bits per heavy atom. The van der Waals surface area contributed by atoms with Crippen molar-refractivity contribution in [3.63, 3.8) is 0 Å². The van der Waals surface area contributed by atoms with Crippen LogP contribution in [0.5, 0.6) is 5.75 Å². The number of carbonyl (C=O) groups excluding carboxylic acids is 1. The molecule has 0 N–H and O–H groups in total. The topological polar surface area (TPSA) is 44.8 Å². The van der Waals surface area contributed by atoms with E-state index in [9.17, 15) is 4.79 Å². The summed E-state index contributed by atoms with van der Waals surface area (Å²) >= 11 is 0. The van der Waals surface area contributed by atoms with E-state index < -0.39 is 0 Å². The summed E-state index contributed by atoms with van der Waals surface area (Å²) in [4.78, 5) is 11.4. The van der Waals surface area contributed by atoms with Gasteiger partial charge in [0, 0.05) is 18.3 Å². The third kappa shape index (κ3) is 3.08. The van der Waals surface area contributed by atoms with Crippen LogP contribution in [0.2, 0.25) is 0 Å². The first kappa shape index (κ1) is 18.0. The van der Waals surface area contributed by atoms with Crippen molar-refractivity contribution >= 4 is 5.97 Å². The first-order valence-corrected chi connectivity index (χ1v) is 8.96. The Morgan fingerprint density at radius 1 is 1.28 bits per heavy atom. The van der Waals surface area contributed by atoms with Gasteiger partial charge in [0.25, 0.3) is 0 Å². The summed E-state index contributed by atoms with van der Waals surface area (Å²) in [5.74, 6) is 1.59. The number of fused-ring (bicyclic) bond motifs is 2. The molecule has 1 aromatic carbocycles. The number of rotatable bonds is 4. The molecule has 1 saturated heterocycles. The molecule has 25 heavy (non-hydrogen) atoms. The predicted molar refractivity (Wildman–Crippen MR) is 96.3 cm³/mol. The average Bonchev–Trinajstić information content (AvgIpc) is 2.59. The summed E-state index contributed by atoms with van der Waals surface area (Å²) in [6.45, 7) is 9.16. The van der Waals surface area contributed by atoms with Gasteiger partial charge in [0.1, 0.15) is 5.75 Å². The van der Waals surface area contributed by atoms with Gasteiger partial charge in [0.15, 0.2) is 0 Å². The number of ether oxygens (including phenoxy) is 3. The van der Waals surface area contributed by atoms with Crippen LogP contribution >= 0.6 is 0 Å². The van der Waals surface area contributed by atoms with Crippen LogP contribution < -0.4 is 4.74 Å². The van der Waals surface area contributed by atoms with Crippen molar-refractivity contribution in [2.45, 2.75) is 33.8 Å². The van der Waals surface area contributed by atoms with Crippen LogP contribution in [0.1, 0.15) is 39.4 Å². The fourth-order valence-electron chi connectivity index (χ4n) is 4.59. The van der Waals surface area contributed by atoms with Crippen molar-refractivity contribution < 1.29 is 19.0 Å². The molecular formula is C21H28O4. The zero-order valence-corrected chi connectivity index (χ0v) is 15.7. The van der Waals surface area contributed by atoms with Crippen molar-refractivity contribution in [3.8, 4) is 5.75 Å². The number of hydrogen-bond donors (Lipinski definition) is 0. The van der Waals surface area contributed by atoms with Gasteiger partial charge in [0.05, 0.1) is 26.4 Å². The highest BCUT2D eigenvalue weighted by Crippen LogP contribution is 2.56. The van der Waals surface area contributed by atoms with Gasteiger partial charge in [-0.05, 0) is 36.5 Å². The van der Waals surface area contributed by atoms with Crippen molar-refractivity contribution in [1.29, 1.82) is 0 Å². The van der Waals surface area contributed by atoms with E-state index in [-0.39, 0.29) is 23.4 Å². The lowest BCUT2D eigenvalue weighted by Gasteiger charge is -2.55. The highest BCUT2D eigenvalue weighted by molar-refractivity contribution is 5.66. The molecule has 0 unspecified atom stereocenters. The molecule has 1 heterocycles. The molecule has 136 valence electrons. The van der Waals surface area contributed by atoms with Crippen LogP contribution in [0.3, 0.4) is 0 Å². The summed E-state index contributed by atoms with van der Waals surface area (Å²) in [7, 11) is 1.67. The standard InChI is InChI=1S/C21H28O4/c1-13-10-14(2)21(11-24-16(4)22)12-25-20(19(13)15(21)3)17-6-8-18(23-5)9-7-17/h6-10,14-15,19-20H,11-12H2,1-5H3/t14-,15+,19+,20+,21+/m0/s1. The van der Waals surface area contributed by atoms with Gasteiger partial charge >= 0.3 is 5.97 Å². The highest BCUT2D eigenvalue weighted by Gasteiger charge is 2.54. The minimum absolute atomic E-state index is 0.0232. The summed E-state index contributed by atoms with van der Waals surface area (Å²) in [5.41, 5.74) is 2.37. The molecule has 1 fully saturated rings. The predicted octanol–water partition coefficient (Wildman–Crippen LogP) is 4.16. The molecule has 0 radical (unpaired) electrons. The minimum atomic E-state index is -0.228. The molecule has 0 spiro atoms. The number of hydrogen-bond acceptors (Lipinski definition) is 4. The third-order valence-electron chi connectivity index (χ3n) is 6.24. The maximum Gasteiger partial charge on any atom is 0.302 e. The summed E-state index contributed by atoms with van der Waals surface area (Å²) < 4.78 is 17.1. The van der Waals surface area contributed by atoms with Crippen LogP contribution in [0.4, 0.5) is 0 Å². The monoisotopic (exact) mass is 344 g/mol. The normalized spacial score (nSPS) is 34.2. The number of allylic oxidation sites excluding steroid dienone is 1. The maximum atomic E-state index is 11.4. The van der Waals surface area contributed by atoms with E-state index in [2.05, 4.69) is 39.0 Å². The SMILES string of the molecule is COc1ccc([C@H]2OC[C@@]3(COC(C)=O)[C@H](C)[C@H]2C(C)=C[C@@H]3C)cc1. The summed E-state index contributed by atoms with van der Waals surface area (Å²) in [6.07, 6.45) is 2.36. The lowest BCUT2D eigenvalue weighted by molar-refractivity contribution is -0.180. The quantitative estimate of drug-likeness (QED) is 0.607. The Kier molecular flexibility index (Phi) is 4.92. The second-order valence-corrected chi connectivity index (χ2v) is 7.53. The first-order chi connectivity index (χ1) is 11.9. The van der Waals surface area contributed by atoms with Crippen LogP contribution in [-0.4, -0.2) is 26.3 Å². The zero-order chi connectivity index (χ0) is 18.2. The van der Waals surface area contributed by atoms with E-state index >= 15 is 0 Å². The Hall–Kier alpha value is -1.81. The largest absolute Gasteiger partial charge is 0.497 e.